The summed E-state index contributed by atoms with van der Waals surface area (Å²) in [6.07, 6.45) is 0. The molecule has 0 aliphatic rings. The Labute approximate surface area is 128 Å². The second kappa shape index (κ2) is 6.15. The number of nitrogens with zero attached hydrogens (tertiary/aromatic N) is 1. The Morgan fingerprint density at radius 3 is 2.23 bits per heavy atom. The van der Waals surface area contributed by atoms with E-state index in [0.29, 0.717) is 5.56 Å². The first-order chi connectivity index (χ1) is 10.3. The van der Waals surface area contributed by atoms with Crippen molar-refractivity contribution in [3.63, 3.8) is 0 Å². The third kappa shape index (κ3) is 3.25. The van der Waals surface area contributed by atoms with E-state index in [1.807, 2.05) is 0 Å². The van der Waals surface area contributed by atoms with Crippen LogP contribution in [-0.2, 0) is 14.8 Å². The highest BCUT2D eigenvalue weighted by atomic mass is 32.2. The lowest BCUT2D eigenvalue weighted by Gasteiger charge is -2.24. The van der Waals surface area contributed by atoms with Gasteiger partial charge in [-0.05, 0) is 42.8 Å². The van der Waals surface area contributed by atoms with Gasteiger partial charge in [0.1, 0.15) is 5.82 Å². The molecule has 0 bridgehead atoms. The molecule has 0 aromatic heterocycles. The molecule has 0 aliphatic heterocycles. The predicted octanol–water partition coefficient (Wildman–Crippen LogP) is 2.38. The summed E-state index contributed by atoms with van der Waals surface area (Å²) >= 11 is 0. The molecule has 0 spiro atoms. The predicted molar refractivity (Wildman–Crippen MR) is 81.1 cm³/mol. The fourth-order valence-corrected chi connectivity index (χ4v) is 3.50. The van der Waals surface area contributed by atoms with E-state index in [4.69, 9.17) is 0 Å². The summed E-state index contributed by atoms with van der Waals surface area (Å²) in [7, 11) is -4.01. The SMILES string of the molecule is CC(=O)NN(c1ccc(F)cc1)S(=O)(=O)c1ccccc1C. The molecule has 1 amide bonds. The molecule has 0 saturated heterocycles. The minimum Gasteiger partial charge on any atom is -0.274 e. The van der Waals surface area contributed by atoms with Crippen LogP contribution in [0.3, 0.4) is 0 Å². The summed E-state index contributed by atoms with van der Waals surface area (Å²) < 4.78 is 39.4. The Hall–Kier alpha value is -2.41. The average molecular weight is 322 g/mol. The van der Waals surface area contributed by atoms with Gasteiger partial charge in [-0.3, -0.25) is 10.2 Å². The third-order valence-electron chi connectivity index (χ3n) is 2.93. The lowest BCUT2D eigenvalue weighted by atomic mass is 10.2. The van der Waals surface area contributed by atoms with E-state index in [-0.39, 0.29) is 10.6 Å². The van der Waals surface area contributed by atoms with Crippen molar-refractivity contribution in [1.29, 1.82) is 0 Å². The quantitative estimate of drug-likeness (QED) is 0.879. The summed E-state index contributed by atoms with van der Waals surface area (Å²) in [6, 6.07) is 11.2. The summed E-state index contributed by atoms with van der Waals surface area (Å²) in [5, 5.41) is 0. The van der Waals surface area contributed by atoms with Crippen LogP contribution in [0.15, 0.2) is 53.4 Å². The number of halogens is 1. The molecule has 0 saturated carbocycles. The first-order valence-corrected chi connectivity index (χ1v) is 7.90. The van der Waals surface area contributed by atoms with Crippen molar-refractivity contribution in [3.8, 4) is 0 Å². The Bertz CT molecular complexity index is 789. The van der Waals surface area contributed by atoms with Crippen molar-refractivity contribution in [3.05, 3.63) is 59.9 Å². The molecule has 1 N–H and O–H groups in total. The number of aryl methyl sites for hydroxylation is 1. The first-order valence-electron chi connectivity index (χ1n) is 6.46. The number of amides is 1. The Balaban J connectivity index is 2.56. The molecule has 0 radical (unpaired) electrons. The fourth-order valence-electron chi connectivity index (χ4n) is 1.93. The van der Waals surface area contributed by atoms with Crippen molar-refractivity contribution < 1.29 is 17.6 Å². The van der Waals surface area contributed by atoms with Gasteiger partial charge in [0.2, 0.25) is 5.91 Å². The first kappa shape index (κ1) is 16.0. The number of hydrogen-bond acceptors (Lipinski definition) is 3. The molecular formula is C15H15FN2O3S. The average Bonchev–Trinajstić information content (AvgIpc) is 2.46. The van der Waals surface area contributed by atoms with Gasteiger partial charge in [0, 0.05) is 6.92 Å². The monoisotopic (exact) mass is 322 g/mol. The standard InChI is InChI=1S/C15H15FN2O3S/c1-11-5-3-4-6-15(11)22(20,21)18(17-12(2)19)14-9-7-13(16)8-10-14/h3-10H,1-2H3,(H,17,19). The second-order valence-electron chi connectivity index (χ2n) is 4.68. The van der Waals surface area contributed by atoms with Crippen molar-refractivity contribution in [2.24, 2.45) is 0 Å². The zero-order valence-corrected chi connectivity index (χ0v) is 12.9. The number of sulfonamides is 1. The molecule has 0 atom stereocenters. The lowest BCUT2D eigenvalue weighted by molar-refractivity contribution is -0.118. The van der Waals surface area contributed by atoms with Crippen LogP contribution < -0.4 is 9.84 Å². The molecule has 2 aromatic carbocycles. The molecule has 0 aliphatic carbocycles. The van der Waals surface area contributed by atoms with Crippen molar-refractivity contribution in [2.75, 3.05) is 4.41 Å². The van der Waals surface area contributed by atoms with Crippen LogP contribution in [0.4, 0.5) is 10.1 Å². The number of hydrogen-bond donors (Lipinski definition) is 1. The molecule has 0 fully saturated rings. The second-order valence-corrected chi connectivity index (χ2v) is 6.43. The number of benzene rings is 2. The zero-order valence-electron chi connectivity index (χ0n) is 12.1. The van der Waals surface area contributed by atoms with Crippen LogP contribution in [0, 0.1) is 12.7 Å². The molecular weight excluding hydrogens is 307 g/mol. The highest BCUT2D eigenvalue weighted by Gasteiger charge is 2.27. The van der Waals surface area contributed by atoms with Crippen LogP contribution in [-0.4, -0.2) is 14.3 Å². The maximum atomic E-state index is 13.0. The number of nitrogens with one attached hydrogen (secondary N) is 1. The van der Waals surface area contributed by atoms with Crippen molar-refractivity contribution in [1.82, 2.24) is 5.43 Å². The number of carbonyl (C=O) groups is 1. The van der Waals surface area contributed by atoms with Crippen molar-refractivity contribution in [2.45, 2.75) is 18.7 Å². The van der Waals surface area contributed by atoms with Crippen LogP contribution in [0.5, 0.6) is 0 Å². The normalized spacial score (nSPS) is 11.0. The number of carbonyl (C=O) groups excluding carboxylic acids is 1. The lowest BCUT2D eigenvalue weighted by Crippen LogP contribution is -2.45. The fraction of sp³-hybridized carbons (Fsp3) is 0.133. The smallest absolute Gasteiger partial charge is 0.274 e. The van der Waals surface area contributed by atoms with Crippen LogP contribution in [0.1, 0.15) is 12.5 Å². The van der Waals surface area contributed by atoms with E-state index >= 15 is 0 Å². The van der Waals surface area contributed by atoms with Crippen LogP contribution >= 0.6 is 0 Å². The summed E-state index contributed by atoms with van der Waals surface area (Å²) in [4.78, 5) is 11.4. The van der Waals surface area contributed by atoms with Gasteiger partial charge in [0.05, 0.1) is 10.6 Å². The van der Waals surface area contributed by atoms with Crippen molar-refractivity contribution >= 4 is 21.6 Å². The Morgan fingerprint density at radius 1 is 1.09 bits per heavy atom. The Morgan fingerprint density at radius 2 is 1.68 bits per heavy atom. The van der Waals surface area contributed by atoms with E-state index in [1.54, 1.807) is 25.1 Å². The topological polar surface area (TPSA) is 66.5 Å². The maximum Gasteiger partial charge on any atom is 0.282 e. The largest absolute Gasteiger partial charge is 0.282 e. The molecule has 0 unspecified atom stereocenters. The third-order valence-corrected chi connectivity index (χ3v) is 4.73. The van der Waals surface area contributed by atoms with Gasteiger partial charge in [0.25, 0.3) is 10.0 Å². The van der Waals surface area contributed by atoms with Gasteiger partial charge in [-0.1, -0.05) is 18.2 Å². The zero-order chi connectivity index (χ0) is 16.3. The highest BCUT2D eigenvalue weighted by molar-refractivity contribution is 7.92. The summed E-state index contributed by atoms with van der Waals surface area (Å²) in [6.45, 7) is 2.85. The molecule has 0 heterocycles. The molecule has 2 aromatic rings. The summed E-state index contributed by atoms with van der Waals surface area (Å²) in [5.74, 6) is -1.05. The molecule has 116 valence electrons. The van der Waals surface area contributed by atoms with E-state index in [0.717, 1.165) is 16.5 Å². The van der Waals surface area contributed by atoms with Gasteiger partial charge in [-0.25, -0.2) is 4.39 Å². The minimum atomic E-state index is -4.01. The molecule has 2 rings (SSSR count). The number of anilines is 1. The van der Waals surface area contributed by atoms with E-state index < -0.39 is 21.7 Å². The van der Waals surface area contributed by atoms with E-state index in [1.165, 1.54) is 25.1 Å². The highest BCUT2D eigenvalue weighted by Crippen LogP contribution is 2.24. The van der Waals surface area contributed by atoms with Crippen LogP contribution in [0.25, 0.3) is 0 Å². The number of hydrazine groups is 1. The number of rotatable bonds is 4. The Kier molecular flexibility index (Phi) is 4.46. The molecule has 7 heteroatoms. The van der Waals surface area contributed by atoms with Gasteiger partial charge in [-0.2, -0.15) is 12.8 Å². The maximum absolute atomic E-state index is 13.0. The van der Waals surface area contributed by atoms with Gasteiger partial charge in [0.15, 0.2) is 0 Å². The van der Waals surface area contributed by atoms with Crippen LogP contribution in [0.2, 0.25) is 0 Å². The molecule has 22 heavy (non-hydrogen) atoms. The van der Waals surface area contributed by atoms with Gasteiger partial charge in [-0.15, -0.1) is 0 Å². The van der Waals surface area contributed by atoms with Gasteiger partial charge < -0.3 is 0 Å². The van der Waals surface area contributed by atoms with E-state index in [2.05, 4.69) is 5.43 Å². The molecule has 5 nitrogen and oxygen atoms in total. The minimum absolute atomic E-state index is 0.0630. The van der Waals surface area contributed by atoms with Gasteiger partial charge >= 0.3 is 0 Å². The van der Waals surface area contributed by atoms with E-state index in [9.17, 15) is 17.6 Å². The summed E-state index contributed by atoms with van der Waals surface area (Å²) in [5.41, 5.74) is 2.95.